The van der Waals surface area contributed by atoms with Crippen LogP contribution in [0, 0.1) is 12.3 Å². The highest BCUT2D eigenvalue weighted by Crippen LogP contribution is 2.13. The van der Waals surface area contributed by atoms with Crippen molar-refractivity contribution in [1.82, 2.24) is 10.6 Å². The van der Waals surface area contributed by atoms with Gasteiger partial charge in [-0.15, -0.1) is 6.42 Å². The summed E-state index contributed by atoms with van der Waals surface area (Å²) in [6.45, 7) is 8.32. The molecule has 1 atom stereocenters. The number of carbonyl (C=O) groups is 2. The van der Waals surface area contributed by atoms with Crippen molar-refractivity contribution in [2.45, 2.75) is 6.04 Å². The zero-order valence-corrected chi connectivity index (χ0v) is 28.4. The Bertz CT molecular complexity index is 983. The van der Waals surface area contributed by atoms with Crippen LogP contribution in [-0.2, 0) is 47.4 Å². The van der Waals surface area contributed by atoms with Crippen LogP contribution in [0.1, 0.15) is 10.4 Å². The number of amides is 2. The minimum absolute atomic E-state index is 0.146. The fraction of sp³-hybridized carbons (Fsp3) is 0.697. The largest absolute Gasteiger partial charge is 0.481 e. The van der Waals surface area contributed by atoms with Crippen LogP contribution in [0.5, 0.6) is 5.75 Å². The maximum absolute atomic E-state index is 12.2. The number of rotatable bonds is 35. The second-order valence-electron chi connectivity index (χ2n) is 9.87. The lowest BCUT2D eigenvalue weighted by molar-refractivity contribution is -0.123. The third-order valence-corrected chi connectivity index (χ3v) is 6.01. The molecule has 0 saturated heterocycles. The molecule has 0 fully saturated rings. The molecule has 1 aromatic rings. The van der Waals surface area contributed by atoms with E-state index in [4.69, 9.17) is 64.6 Å². The van der Waals surface area contributed by atoms with Gasteiger partial charge in [-0.1, -0.05) is 12.0 Å². The Labute approximate surface area is 289 Å². The molecule has 0 unspecified atom stereocenters. The summed E-state index contributed by atoms with van der Waals surface area (Å²) in [5.41, 5.74) is 5.87. The van der Waals surface area contributed by atoms with E-state index in [1.54, 1.807) is 24.3 Å². The molecular weight excluding hydrogens is 646 g/mol. The van der Waals surface area contributed by atoms with Gasteiger partial charge < -0.3 is 68.8 Å². The summed E-state index contributed by atoms with van der Waals surface area (Å²) in [7, 11) is 0. The number of terminal acetylenes is 1. The van der Waals surface area contributed by atoms with Crippen molar-refractivity contribution in [2.75, 3.05) is 145 Å². The van der Waals surface area contributed by atoms with E-state index in [1.807, 2.05) is 0 Å². The average Bonchev–Trinajstić information content (AvgIpc) is 3.12. The predicted molar refractivity (Wildman–Crippen MR) is 179 cm³/mol. The quantitative estimate of drug-likeness (QED) is 0.0498. The summed E-state index contributed by atoms with van der Waals surface area (Å²) in [5.74, 6) is 2.31. The molecule has 1 rings (SSSR count). The molecule has 1 aromatic carbocycles. The van der Waals surface area contributed by atoms with Crippen molar-refractivity contribution in [3.63, 3.8) is 0 Å². The lowest BCUT2D eigenvalue weighted by Gasteiger charge is -2.10. The molecule has 0 saturated carbocycles. The van der Waals surface area contributed by atoms with E-state index >= 15 is 0 Å². The summed E-state index contributed by atoms with van der Waals surface area (Å²) in [4.78, 5) is 23.6. The molecule has 0 aliphatic carbocycles. The fourth-order valence-corrected chi connectivity index (χ4v) is 3.51. The number of ether oxygens (including phenoxy) is 10. The third-order valence-electron chi connectivity index (χ3n) is 6.01. The highest BCUT2D eigenvalue weighted by Gasteiger charge is 2.10. The Morgan fingerprint density at radius 2 is 1.04 bits per heavy atom. The van der Waals surface area contributed by atoms with Crippen molar-refractivity contribution >= 4 is 11.8 Å². The highest BCUT2D eigenvalue weighted by atomic mass is 16.6. The van der Waals surface area contributed by atoms with Crippen molar-refractivity contribution in [1.29, 1.82) is 0 Å². The van der Waals surface area contributed by atoms with Crippen LogP contribution in [-0.4, -0.2) is 168 Å². The molecule has 16 nitrogen and oxygen atoms in total. The van der Waals surface area contributed by atoms with Crippen LogP contribution < -0.4 is 21.1 Å². The first-order valence-corrected chi connectivity index (χ1v) is 16.4. The number of carbonyl (C=O) groups excluding carboxylic acids is 2. The average molecular weight is 702 g/mol. The third kappa shape index (κ3) is 27.6. The van der Waals surface area contributed by atoms with Crippen molar-refractivity contribution in [2.24, 2.45) is 5.73 Å². The Morgan fingerprint density at radius 3 is 1.43 bits per heavy atom. The van der Waals surface area contributed by atoms with E-state index in [0.29, 0.717) is 143 Å². The van der Waals surface area contributed by atoms with Gasteiger partial charge in [-0.2, -0.15) is 0 Å². The van der Waals surface area contributed by atoms with Gasteiger partial charge in [-0.25, -0.2) is 0 Å². The summed E-state index contributed by atoms with van der Waals surface area (Å²) in [6.07, 6.45) is 5.18. The predicted octanol–water partition coefficient (Wildman–Crippen LogP) is -0.986. The second kappa shape index (κ2) is 33.6. The Hall–Kier alpha value is -2.92. The van der Waals surface area contributed by atoms with Gasteiger partial charge in [0.15, 0.2) is 0 Å². The molecule has 0 heterocycles. The molecule has 5 N–H and O–H groups in total. The molecule has 0 spiro atoms. The van der Waals surface area contributed by atoms with Crippen LogP contribution in [0.3, 0.4) is 0 Å². The molecule has 49 heavy (non-hydrogen) atoms. The Kier molecular flexibility index (Phi) is 30.2. The normalized spacial score (nSPS) is 11.6. The van der Waals surface area contributed by atoms with Gasteiger partial charge in [0.25, 0.3) is 5.91 Å². The summed E-state index contributed by atoms with van der Waals surface area (Å²) < 4.78 is 54.2. The Morgan fingerprint density at radius 1 is 0.653 bits per heavy atom. The SMILES string of the molecule is C#CCOc1cccc(C(=O)NCCOCCOCCOCCOCCOCCOCCOCCOCCOCCNC(=O)[C@@H](N)CO)c1. The summed E-state index contributed by atoms with van der Waals surface area (Å²) >= 11 is 0. The van der Waals surface area contributed by atoms with Gasteiger partial charge in [0.2, 0.25) is 5.91 Å². The molecule has 0 aromatic heterocycles. The number of hydrogen-bond acceptors (Lipinski definition) is 14. The number of nitrogens with one attached hydrogen (secondary N) is 2. The number of hydrogen-bond donors (Lipinski definition) is 4. The number of benzene rings is 1. The summed E-state index contributed by atoms with van der Waals surface area (Å²) in [5, 5.41) is 14.1. The molecular formula is C33H55N3O13. The maximum Gasteiger partial charge on any atom is 0.251 e. The second-order valence-corrected chi connectivity index (χ2v) is 9.87. The van der Waals surface area contributed by atoms with E-state index in [2.05, 4.69) is 16.6 Å². The van der Waals surface area contributed by atoms with Gasteiger partial charge in [-0.05, 0) is 18.2 Å². The van der Waals surface area contributed by atoms with Gasteiger partial charge in [-0.3, -0.25) is 9.59 Å². The lowest BCUT2D eigenvalue weighted by atomic mass is 10.2. The van der Waals surface area contributed by atoms with Crippen molar-refractivity contribution in [3.8, 4) is 18.1 Å². The maximum atomic E-state index is 12.2. The van der Waals surface area contributed by atoms with Crippen molar-refractivity contribution < 1.29 is 62.1 Å². The van der Waals surface area contributed by atoms with E-state index in [0.717, 1.165) is 0 Å². The molecule has 2 amide bonds. The molecule has 0 radical (unpaired) electrons. The first-order chi connectivity index (χ1) is 24.1. The zero-order valence-electron chi connectivity index (χ0n) is 28.4. The minimum atomic E-state index is -0.913. The first-order valence-electron chi connectivity index (χ1n) is 16.4. The van der Waals surface area contributed by atoms with Crippen LogP contribution >= 0.6 is 0 Å². The van der Waals surface area contributed by atoms with E-state index in [9.17, 15) is 9.59 Å². The number of aliphatic hydroxyl groups is 1. The number of nitrogens with two attached hydrogens (primary N) is 1. The van der Waals surface area contributed by atoms with Crippen LogP contribution in [0.15, 0.2) is 24.3 Å². The van der Waals surface area contributed by atoms with Crippen LogP contribution in [0.4, 0.5) is 0 Å². The topological polar surface area (TPSA) is 197 Å². The standard InChI is InChI=1S/C33H55N3O13/c1-2-8-49-30-5-3-4-29(27-30)32(38)35-6-9-40-11-13-42-15-17-44-19-21-46-23-25-48-26-24-47-22-20-45-18-16-43-14-12-41-10-7-36-33(39)31(34)28-37/h1,3-5,27,31,37H,6-26,28,34H2,(H,35,38)(H,36,39)/t31-/m0/s1. The van der Waals surface area contributed by atoms with Gasteiger partial charge >= 0.3 is 0 Å². The molecule has 0 aliphatic rings. The molecule has 16 heteroatoms. The fourth-order valence-electron chi connectivity index (χ4n) is 3.51. The molecule has 0 bridgehead atoms. The minimum Gasteiger partial charge on any atom is -0.481 e. The zero-order chi connectivity index (χ0) is 35.5. The van der Waals surface area contributed by atoms with Gasteiger partial charge in [0, 0.05) is 18.7 Å². The van der Waals surface area contributed by atoms with E-state index in [-0.39, 0.29) is 12.5 Å². The molecule has 0 aliphatic heterocycles. The van der Waals surface area contributed by atoms with Crippen LogP contribution in [0.25, 0.3) is 0 Å². The Balaban J connectivity index is 1.71. The lowest BCUT2D eigenvalue weighted by Crippen LogP contribution is -2.44. The number of aliphatic hydroxyl groups excluding tert-OH is 1. The van der Waals surface area contributed by atoms with E-state index < -0.39 is 18.6 Å². The van der Waals surface area contributed by atoms with Crippen LogP contribution in [0.2, 0.25) is 0 Å². The summed E-state index contributed by atoms with van der Waals surface area (Å²) in [6, 6.07) is 5.90. The van der Waals surface area contributed by atoms with Gasteiger partial charge in [0.05, 0.1) is 126 Å². The highest BCUT2D eigenvalue weighted by molar-refractivity contribution is 5.94. The van der Waals surface area contributed by atoms with E-state index in [1.165, 1.54) is 0 Å². The van der Waals surface area contributed by atoms with Crippen molar-refractivity contribution in [3.05, 3.63) is 29.8 Å². The molecule has 280 valence electrons. The van der Waals surface area contributed by atoms with Gasteiger partial charge in [0.1, 0.15) is 18.4 Å². The first kappa shape index (κ1) is 44.1. The monoisotopic (exact) mass is 701 g/mol. The smallest absolute Gasteiger partial charge is 0.251 e.